The molecule has 26 heavy (non-hydrogen) atoms. The van der Waals surface area contributed by atoms with Gasteiger partial charge in [-0.2, -0.15) is 5.26 Å². The molecule has 0 fully saturated rings. The zero-order valence-electron chi connectivity index (χ0n) is 15.1. The van der Waals surface area contributed by atoms with Gasteiger partial charge in [0.15, 0.2) is 5.60 Å². The first kappa shape index (κ1) is 19.5. The molecule has 136 valence electrons. The molecule has 0 saturated carbocycles. The van der Waals surface area contributed by atoms with Gasteiger partial charge in [0.05, 0.1) is 12.2 Å². The fourth-order valence-corrected chi connectivity index (χ4v) is 3.26. The van der Waals surface area contributed by atoms with E-state index in [4.69, 9.17) is 9.47 Å². The van der Waals surface area contributed by atoms with E-state index in [1.165, 1.54) is 0 Å². The van der Waals surface area contributed by atoms with Crippen molar-refractivity contribution in [2.75, 3.05) is 11.9 Å². The molecule has 0 aliphatic carbocycles. The molecule has 2 aromatic rings. The summed E-state index contributed by atoms with van der Waals surface area (Å²) in [7, 11) is 0. The van der Waals surface area contributed by atoms with Crippen LogP contribution in [0.1, 0.15) is 41.6 Å². The normalized spacial score (nSPS) is 10.7. The fraction of sp³-hybridized carbons (Fsp3) is 0.316. The van der Waals surface area contributed by atoms with Crippen molar-refractivity contribution in [1.82, 2.24) is 0 Å². The van der Waals surface area contributed by atoms with Crippen LogP contribution in [0.4, 0.5) is 5.00 Å². The molecule has 0 radical (unpaired) electrons. The number of amides is 1. The number of anilines is 1. The Morgan fingerprint density at radius 3 is 2.50 bits per heavy atom. The third-order valence-electron chi connectivity index (χ3n) is 3.61. The third-order valence-corrected chi connectivity index (χ3v) is 4.80. The van der Waals surface area contributed by atoms with Gasteiger partial charge in [-0.15, -0.1) is 11.3 Å². The number of esters is 1. The highest BCUT2D eigenvalue weighted by Crippen LogP contribution is 2.34. The Balaban J connectivity index is 2.24. The molecule has 6 nitrogen and oxygen atoms in total. The molecule has 1 amide bonds. The Labute approximate surface area is 156 Å². The molecule has 0 saturated heterocycles. The molecule has 2 rings (SSSR count). The number of nitrogens with zero attached hydrogens (tertiary/aromatic N) is 1. The topological polar surface area (TPSA) is 88.4 Å². The highest BCUT2D eigenvalue weighted by Gasteiger charge is 2.32. The van der Waals surface area contributed by atoms with Crippen molar-refractivity contribution in [2.45, 2.75) is 33.3 Å². The Bertz CT molecular complexity index is 850. The molecule has 1 N–H and O–H groups in total. The van der Waals surface area contributed by atoms with Crippen molar-refractivity contribution < 1.29 is 19.1 Å². The van der Waals surface area contributed by atoms with Gasteiger partial charge >= 0.3 is 5.97 Å². The second kappa shape index (κ2) is 8.02. The van der Waals surface area contributed by atoms with E-state index in [1.54, 1.807) is 39.8 Å². The molecule has 7 heteroatoms. The van der Waals surface area contributed by atoms with E-state index in [2.05, 4.69) is 5.32 Å². The average Bonchev–Trinajstić information content (AvgIpc) is 2.91. The van der Waals surface area contributed by atoms with Crippen LogP contribution in [0.2, 0.25) is 0 Å². The van der Waals surface area contributed by atoms with Gasteiger partial charge in [0.25, 0.3) is 5.91 Å². The Morgan fingerprint density at radius 1 is 1.27 bits per heavy atom. The summed E-state index contributed by atoms with van der Waals surface area (Å²) < 4.78 is 10.7. The first-order chi connectivity index (χ1) is 12.3. The standard InChI is InChI=1S/C19H20N2O4S/c1-5-24-17(22)15-12(2)14(11-20)16(26-15)21-18(23)19(3,4)25-13-9-7-6-8-10-13/h6-10H,5H2,1-4H3,(H,21,23). The van der Waals surface area contributed by atoms with Crippen LogP contribution in [-0.4, -0.2) is 24.1 Å². The van der Waals surface area contributed by atoms with E-state index >= 15 is 0 Å². The minimum atomic E-state index is -1.17. The summed E-state index contributed by atoms with van der Waals surface area (Å²) >= 11 is 1.02. The minimum Gasteiger partial charge on any atom is -0.478 e. The van der Waals surface area contributed by atoms with Crippen LogP contribution in [0, 0.1) is 18.3 Å². The number of nitriles is 1. The van der Waals surface area contributed by atoms with Crippen molar-refractivity contribution in [3.05, 3.63) is 46.3 Å². The summed E-state index contributed by atoms with van der Waals surface area (Å²) in [5, 5.41) is 12.4. The van der Waals surface area contributed by atoms with Crippen molar-refractivity contribution in [3.8, 4) is 11.8 Å². The predicted molar refractivity (Wildman–Crippen MR) is 99.5 cm³/mol. The van der Waals surface area contributed by atoms with Gasteiger partial charge in [0.1, 0.15) is 21.7 Å². The van der Waals surface area contributed by atoms with Gasteiger partial charge in [0, 0.05) is 0 Å². The summed E-state index contributed by atoms with van der Waals surface area (Å²) in [5.74, 6) is -0.371. The molecule has 0 aliphatic heterocycles. The number of thiophene rings is 1. The van der Waals surface area contributed by atoms with E-state index in [9.17, 15) is 14.9 Å². The van der Waals surface area contributed by atoms with Crippen molar-refractivity contribution in [3.63, 3.8) is 0 Å². The van der Waals surface area contributed by atoms with Crippen LogP contribution in [0.25, 0.3) is 0 Å². The highest BCUT2D eigenvalue weighted by molar-refractivity contribution is 7.18. The number of benzene rings is 1. The average molecular weight is 372 g/mol. The fourth-order valence-electron chi connectivity index (χ4n) is 2.21. The number of carbonyl (C=O) groups excluding carboxylic acids is 2. The van der Waals surface area contributed by atoms with Gasteiger partial charge in [-0.3, -0.25) is 4.79 Å². The molecule has 1 aromatic heterocycles. The first-order valence-corrected chi connectivity index (χ1v) is 8.88. The molecule has 0 aliphatic rings. The summed E-state index contributed by atoms with van der Waals surface area (Å²) in [6.07, 6.45) is 0. The summed E-state index contributed by atoms with van der Waals surface area (Å²) in [6.45, 7) is 6.86. The van der Waals surface area contributed by atoms with Crippen LogP contribution < -0.4 is 10.1 Å². The molecule has 0 atom stereocenters. The Hall–Kier alpha value is -2.85. The summed E-state index contributed by atoms with van der Waals surface area (Å²) in [5.41, 5.74) is -0.425. The van der Waals surface area contributed by atoms with E-state index in [-0.39, 0.29) is 12.2 Å². The SMILES string of the molecule is CCOC(=O)c1sc(NC(=O)C(C)(C)Oc2ccccc2)c(C#N)c1C. The number of hydrogen-bond donors (Lipinski definition) is 1. The maximum Gasteiger partial charge on any atom is 0.348 e. The van der Waals surface area contributed by atoms with Crippen LogP contribution in [0.15, 0.2) is 30.3 Å². The second-order valence-corrected chi connectivity index (χ2v) is 6.99. The van der Waals surface area contributed by atoms with Gasteiger partial charge in [0.2, 0.25) is 0 Å². The molecular formula is C19H20N2O4S. The third kappa shape index (κ3) is 4.21. The lowest BCUT2D eigenvalue weighted by molar-refractivity contribution is -0.128. The van der Waals surface area contributed by atoms with Crippen molar-refractivity contribution in [1.29, 1.82) is 5.26 Å². The van der Waals surface area contributed by atoms with Gasteiger partial charge in [-0.25, -0.2) is 4.79 Å². The molecule has 1 aromatic carbocycles. The lowest BCUT2D eigenvalue weighted by Crippen LogP contribution is -2.42. The molecule has 0 spiro atoms. The Morgan fingerprint density at radius 2 is 1.92 bits per heavy atom. The second-order valence-electron chi connectivity index (χ2n) is 5.97. The monoisotopic (exact) mass is 372 g/mol. The highest BCUT2D eigenvalue weighted by atomic mass is 32.1. The number of hydrogen-bond acceptors (Lipinski definition) is 6. The Kier molecular flexibility index (Phi) is 6.01. The van der Waals surface area contributed by atoms with Crippen LogP contribution in [-0.2, 0) is 9.53 Å². The maximum atomic E-state index is 12.7. The van der Waals surface area contributed by atoms with Gasteiger partial charge in [-0.1, -0.05) is 18.2 Å². The number of nitrogens with one attached hydrogen (secondary N) is 1. The van der Waals surface area contributed by atoms with Crippen LogP contribution in [0.5, 0.6) is 5.75 Å². The quantitative estimate of drug-likeness (QED) is 0.777. The number of ether oxygens (including phenoxy) is 2. The number of para-hydroxylation sites is 1. The van der Waals surface area contributed by atoms with E-state index in [1.807, 2.05) is 24.3 Å². The summed E-state index contributed by atoms with van der Waals surface area (Å²) in [6, 6.07) is 11.0. The number of carbonyl (C=O) groups is 2. The maximum absolute atomic E-state index is 12.7. The molecular weight excluding hydrogens is 352 g/mol. The number of rotatable bonds is 6. The van der Waals surface area contributed by atoms with Crippen molar-refractivity contribution >= 4 is 28.2 Å². The van der Waals surface area contributed by atoms with E-state index in [0.717, 1.165) is 11.3 Å². The van der Waals surface area contributed by atoms with Gasteiger partial charge < -0.3 is 14.8 Å². The molecule has 0 unspecified atom stereocenters. The van der Waals surface area contributed by atoms with E-state index < -0.39 is 17.5 Å². The first-order valence-electron chi connectivity index (χ1n) is 8.06. The minimum absolute atomic E-state index is 0.234. The molecule has 1 heterocycles. The van der Waals surface area contributed by atoms with Crippen LogP contribution in [0.3, 0.4) is 0 Å². The van der Waals surface area contributed by atoms with Crippen molar-refractivity contribution in [2.24, 2.45) is 0 Å². The predicted octanol–water partition coefficient (Wildman–Crippen LogP) is 3.90. The van der Waals surface area contributed by atoms with Gasteiger partial charge in [-0.05, 0) is 45.4 Å². The largest absolute Gasteiger partial charge is 0.478 e. The van der Waals surface area contributed by atoms with E-state index in [0.29, 0.717) is 21.2 Å². The molecule has 0 bridgehead atoms. The smallest absolute Gasteiger partial charge is 0.348 e. The zero-order valence-corrected chi connectivity index (χ0v) is 15.9. The zero-order chi connectivity index (χ0) is 19.3. The lowest BCUT2D eigenvalue weighted by atomic mass is 10.1. The lowest BCUT2D eigenvalue weighted by Gasteiger charge is -2.25. The van der Waals surface area contributed by atoms with Crippen LogP contribution >= 0.6 is 11.3 Å². The summed E-state index contributed by atoms with van der Waals surface area (Å²) in [4.78, 5) is 25.0.